The van der Waals surface area contributed by atoms with Crippen LogP contribution in [0.15, 0.2) is 60.9 Å². The number of benzene rings is 2. The molecule has 26 heavy (non-hydrogen) atoms. The van der Waals surface area contributed by atoms with Gasteiger partial charge in [0.15, 0.2) is 0 Å². The molecule has 0 fully saturated rings. The van der Waals surface area contributed by atoms with Gasteiger partial charge < -0.3 is 4.74 Å². The Bertz CT molecular complexity index is 854. The van der Waals surface area contributed by atoms with E-state index in [0.29, 0.717) is 19.4 Å². The fourth-order valence-corrected chi connectivity index (χ4v) is 2.68. The summed E-state index contributed by atoms with van der Waals surface area (Å²) in [6.07, 6.45) is 4.69. The largest absolute Gasteiger partial charge is 0.466 e. The molecule has 0 aliphatic carbocycles. The van der Waals surface area contributed by atoms with Crippen LogP contribution in [0.5, 0.6) is 0 Å². The highest BCUT2D eigenvalue weighted by atomic mass is 16.5. The van der Waals surface area contributed by atoms with E-state index >= 15 is 0 Å². The molecule has 0 bridgehead atoms. The van der Waals surface area contributed by atoms with E-state index < -0.39 is 0 Å². The van der Waals surface area contributed by atoms with Crippen molar-refractivity contribution in [3.8, 4) is 11.1 Å². The minimum absolute atomic E-state index is 0.199. The van der Waals surface area contributed by atoms with Gasteiger partial charge in [0, 0.05) is 24.4 Å². The van der Waals surface area contributed by atoms with E-state index in [1.54, 1.807) is 0 Å². The molecular formula is C22H22N2O2. The normalized spacial score (nSPS) is 10.5. The molecule has 0 spiro atoms. The van der Waals surface area contributed by atoms with E-state index in [-0.39, 0.29) is 5.97 Å². The van der Waals surface area contributed by atoms with Gasteiger partial charge in [-0.2, -0.15) is 0 Å². The predicted molar refractivity (Wildman–Crippen MR) is 102 cm³/mol. The molecule has 0 aliphatic heterocycles. The zero-order valence-corrected chi connectivity index (χ0v) is 15.1. The summed E-state index contributed by atoms with van der Waals surface area (Å²) in [5.74, 6) is 0.578. The maximum Gasteiger partial charge on any atom is 0.310 e. The Morgan fingerprint density at radius 1 is 0.885 bits per heavy atom. The van der Waals surface area contributed by atoms with Crippen molar-refractivity contribution in [1.29, 1.82) is 0 Å². The fourth-order valence-electron chi connectivity index (χ4n) is 2.68. The number of rotatable bonds is 6. The highest BCUT2D eigenvalue weighted by Gasteiger charge is 2.05. The smallest absolute Gasteiger partial charge is 0.310 e. The average molecular weight is 346 g/mol. The van der Waals surface area contributed by atoms with Crippen LogP contribution in [0.25, 0.3) is 11.1 Å². The van der Waals surface area contributed by atoms with Gasteiger partial charge in [0.05, 0.1) is 13.0 Å². The van der Waals surface area contributed by atoms with Crippen molar-refractivity contribution in [1.82, 2.24) is 9.97 Å². The molecule has 0 aliphatic rings. The first-order valence-electron chi connectivity index (χ1n) is 8.75. The second-order valence-electron chi connectivity index (χ2n) is 6.23. The molecule has 4 heteroatoms. The van der Waals surface area contributed by atoms with Gasteiger partial charge in [0.25, 0.3) is 0 Å². The molecule has 0 saturated heterocycles. The Hall–Kier alpha value is -3.01. The topological polar surface area (TPSA) is 52.1 Å². The quantitative estimate of drug-likeness (QED) is 0.629. The Morgan fingerprint density at radius 2 is 1.50 bits per heavy atom. The molecule has 4 nitrogen and oxygen atoms in total. The van der Waals surface area contributed by atoms with Gasteiger partial charge >= 0.3 is 5.97 Å². The minimum atomic E-state index is -0.199. The van der Waals surface area contributed by atoms with E-state index in [4.69, 9.17) is 4.74 Å². The number of carbonyl (C=O) groups excluding carboxylic acids is 1. The molecule has 0 radical (unpaired) electrons. The van der Waals surface area contributed by atoms with Crippen molar-refractivity contribution in [3.63, 3.8) is 0 Å². The third-order valence-electron chi connectivity index (χ3n) is 4.13. The van der Waals surface area contributed by atoms with E-state index in [1.165, 1.54) is 5.56 Å². The second kappa shape index (κ2) is 8.39. The van der Waals surface area contributed by atoms with Crippen LogP contribution in [0.1, 0.15) is 29.4 Å². The summed E-state index contributed by atoms with van der Waals surface area (Å²) in [5, 5.41) is 0. The first kappa shape index (κ1) is 17.8. The third kappa shape index (κ3) is 4.76. The summed E-state index contributed by atoms with van der Waals surface area (Å²) in [5.41, 5.74) is 5.42. The molecule has 0 unspecified atom stereocenters. The van der Waals surface area contributed by atoms with Gasteiger partial charge in [-0.3, -0.25) is 4.79 Å². The minimum Gasteiger partial charge on any atom is -0.466 e. The maximum atomic E-state index is 11.5. The average Bonchev–Trinajstić information content (AvgIpc) is 2.65. The molecule has 1 aromatic heterocycles. The molecule has 0 atom stereocenters. The lowest BCUT2D eigenvalue weighted by Crippen LogP contribution is -2.07. The van der Waals surface area contributed by atoms with Crippen LogP contribution in [0.2, 0.25) is 0 Å². The van der Waals surface area contributed by atoms with Gasteiger partial charge in [-0.15, -0.1) is 0 Å². The zero-order chi connectivity index (χ0) is 18.4. The molecule has 3 rings (SSSR count). The highest BCUT2D eigenvalue weighted by molar-refractivity contribution is 5.72. The molecule has 2 aromatic carbocycles. The predicted octanol–water partition coefficient (Wildman–Crippen LogP) is 4.15. The number of hydrogen-bond acceptors (Lipinski definition) is 4. The van der Waals surface area contributed by atoms with Crippen LogP contribution in [0.4, 0.5) is 0 Å². The zero-order valence-electron chi connectivity index (χ0n) is 15.1. The van der Waals surface area contributed by atoms with E-state index in [1.807, 2.05) is 43.6 Å². The number of carbonyl (C=O) groups is 1. The van der Waals surface area contributed by atoms with Crippen LogP contribution in [-0.4, -0.2) is 22.5 Å². The van der Waals surface area contributed by atoms with Crippen LogP contribution in [-0.2, 0) is 22.4 Å². The van der Waals surface area contributed by atoms with Crippen LogP contribution in [0, 0.1) is 6.92 Å². The molecule has 1 heterocycles. The molecule has 0 amide bonds. The molecular weight excluding hydrogens is 324 g/mol. The third-order valence-corrected chi connectivity index (χ3v) is 4.13. The Morgan fingerprint density at radius 3 is 2.12 bits per heavy atom. The Balaban J connectivity index is 1.63. The monoisotopic (exact) mass is 346 g/mol. The van der Waals surface area contributed by atoms with Crippen molar-refractivity contribution in [2.45, 2.75) is 26.7 Å². The van der Waals surface area contributed by atoms with Crippen molar-refractivity contribution in [3.05, 3.63) is 83.4 Å². The summed E-state index contributed by atoms with van der Waals surface area (Å²) in [6, 6.07) is 16.2. The molecule has 132 valence electrons. The lowest BCUT2D eigenvalue weighted by Gasteiger charge is -2.05. The summed E-state index contributed by atoms with van der Waals surface area (Å²) in [4.78, 5) is 20.5. The molecule has 0 saturated carbocycles. The first-order valence-corrected chi connectivity index (χ1v) is 8.75. The van der Waals surface area contributed by atoms with Gasteiger partial charge in [0.2, 0.25) is 0 Å². The van der Waals surface area contributed by atoms with E-state index in [0.717, 1.165) is 28.1 Å². The summed E-state index contributed by atoms with van der Waals surface area (Å²) < 4.78 is 4.97. The van der Waals surface area contributed by atoms with Gasteiger partial charge in [0.1, 0.15) is 5.82 Å². The van der Waals surface area contributed by atoms with Crippen LogP contribution < -0.4 is 0 Å². The SMILES string of the molecule is CCOC(=O)Cc1ccc(Cc2ncc(-c3ccc(C)cc3)cn2)cc1. The van der Waals surface area contributed by atoms with Gasteiger partial charge in [-0.05, 0) is 30.5 Å². The number of esters is 1. The van der Waals surface area contributed by atoms with Crippen LogP contribution in [0.3, 0.4) is 0 Å². The van der Waals surface area contributed by atoms with E-state index in [9.17, 15) is 4.79 Å². The second-order valence-corrected chi connectivity index (χ2v) is 6.23. The summed E-state index contributed by atoms with van der Waals surface area (Å²) in [7, 11) is 0. The Kier molecular flexibility index (Phi) is 5.74. The first-order chi connectivity index (χ1) is 12.6. The Labute approximate surface area is 153 Å². The van der Waals surface area contributed by atoms with Crippen molar-refractivity contribution in [2.75, 3.05) is 6.61 Å². The maximum absolute atomic E-state index is 11.5. The molecule has 0 N–H and O–H groups in total. The number of nitrogens with zero attached hydrogens (tertiary/aromatic N) is 2. The summed E-state index contributed by atoms with van der Waals surface area (Å²) in [6.45, 7) is 4.29. The van der Waals surface area contributed by atoms with Crippen molar-refractivity contribution >= 4 is 5.97 Å². The fraction of sp³-hybridized carbons (Fsp3) is 0.227. The van der Waals surface area contributed by atoms with Crippen molar-refractivity contribution in [2.24, 2.45) is 0 Å². The number of aryl methyl sites for hydroxylation is 1. The van der Waals surface area contributed by atoms with Gasteiger partial charge in [-0.25, -0.2) is 9.97 Å². The van der Waals surface area contributed by atoms with E-state index in [2.05, 4.69) is 41.2 Å². The van der Waals surface area contributed by atoms with Crippen molar-refractivity contribution < 1.29 is 9.53 Å². The standard InChI is InChI=1S/C22H22N2O2/c1-3-26-22(25)13-18-8-6-17(7-9-18)12-21-23-14-20(15-24-21)19-10-4-16(2)5-11-19/h4-11,14-15H,3,12-13H2,1-2H3. The number of aromatic nitrogens is 2. The van der Waals surface area contributed by atoms with Gasteiger partial charge in [-0.1, -0.05) is 54.1 Å². The lowest BCUT2D eigenvalue weighted by molar-refractivity contribution is -0.142. The number of ether oxygens (including phenoxy) is 1. The summed E-state index contributed by atoms with van der Waals surface area (Å²) >= 11 is 0. The molecule has 3 aromatic rings. The van der Waals surface area contributed by atoms with Crippen LogP contribution >= 0.6 is 0 Å². The number of hydrogen-bond donors (Lipinski definition) is 0. The lowest BCUT2D eigenvalue weighted by atomic mass is 10.1. The highest BCUT2D eigenvalue weighted by Crippen LogP contribution is 2.18.